The fraction of sp³-hybridized carbons (Fsp3) is 0.375. The van der Waals surface area contributed by atoms with E-state index in [1.165, 1.54) is 5.32 Å². The molecule has 0 unspecified atom stereocenters. The second-order valence-electron chi connectivity index (χ2n) is 6.73. The molecular formula is C16H12F8N6O3S. The fourth-order valence-corrected chi connectivity index (χ4v) is 3.89. The Labute approximate surface area is 184 Å². The number of aromatic nitrogens is 5. The fourth-order valence-electron chi connectivity index (χ4n) is 2.70. The molecule has 3 aromatic heterocycles. The van der Waals surface area contributed by atoms with Gasteiger partial charge in [-0.1, -0.05) is 6.92 Å². The summed E-state index contributed by atoms with van der Waals surface area (Å²) in [6.07, 6.45) is -10.2. The number of alkyl halides is 8. The minimum Gasteiger partial charge on any atom is -0.304 e. The molecule has 0 aliphatic heterocycles. The molecule has 0 saturated heterocycles. The first-order valence-electron chi connectivity index (χ1n) is 8.90. The maximum absolute atomic E-state index is 13.4. The number of nitrogens with one attached hydrogen (secondary N) is 1. The molecule has 0 aromatic carbocycles. The first-order valence-corrected chi connectivity index (χ1v) is 10.5. The number of hydrogen-bond donors (Lipinski definition) is 1. The normalized spacial score (nSPS) is 13.5. The lowest BCUT2D eigenvalue weighted by atomic mass is 10.2. The Morgan fingerprint density at radius 1 is 1.09 bits per heavy atom. The van der Waals surface area contributed by atoms with Crippen molar-refractivity contribution < 1.29 is 48.3 Å². The Morgan fingerprint density at radius 3 is 2.24 bits per heavy atom. The van der Waals surface area contributed by atoms with Crippen LogP contribution in [-0.4, -0.2) is 56.6 Å². The zero-order valence-corrected chi connectivity index (χ0v) is 17.6. The van der Waals surface area contributed by atoms with Gasteiger partial charge in [0.1, 0.15) is 4.90 Å². The van der Waals surface area contributed by atoms with Crippen molar-refractivity contribution in [3.63, 3.8) is 0 Å². The van der Waals surface area contributed by atoms with E-state index in [2.05, 4.69) is 15.2 Å². The van der Waals surface area contributed by atoms with Crippen molar-refractivity contribution in [3.05, 3.63) is 23.9 Å². The molecule has 186 valence electrons. The van der Waals surface area contributed by atoms with Gasteiger partial charge in [0.25, 0.3) is 0 Å². The van der Waals surface area contributed by atoms with E-state index in [9.17, 15) is 48.3 Å². The van der Waals surface area contributed by atoms with Gasteiger partial charge in [-0.3, -0.25) is 9.48 Å². The van der Waals surface area contributed by atoms with Crippen LogP contribution in [0.2, 0.25) is 0 Å². The average Bonchev–Trinajstić information content (AvgIpc) is 3.27. The van der Waals surface area contributed by atoms with Crippen LogP contribution in [0.3, 0.4) is 0 Å². The van der Waals surface area contributed by atoms with Gasteiger partial charge in [-0.15, -0.1) is 5.10 Å². The van der Waals surface area contributed by atoms with E-state index in [4.69, 9.17) is 0 Å². The van der Waals surface area contributed by atoms with E-state index in [1.54, 1.807) is 0 Å². The van der Waals surface area contributed by atoms with Crippen LogP contribution in [0, 0.1) is 0 Å². The number of halogens is 8. The SMILES string of the molecule is CCS(=O)(=O)c1c(-c2nc3cc(C(F)(F)F)ccn3n2)nn(C)c1NC(=O)C(F)(F)C(F)(F)F. The molecular weight excluding hydrogens is 508 g/mol. The molecule has 0 bridgehead atoms. The van der Waals surface area contributed by atoms with Crippen molar-refractivity contribution in [2.75, 3.05) is 11.1 Å². The van der Waals surface area contributed by atoms with Gasteiger partial charge < -0.3 is 5.32 Å². The van der Waals surface area contributed by atoms with Crippen LogP contribution in [0.1, 0.15) is 12.5 Å². The Balaban J connectivity index is 2.19. The molecule has 3 aromatic rings. The Bertz CT molecular complexity index is 1370. The summed E-state index contributed by atoms with van der Waals surface area (Å²) < 4.78 is 130. The zero-order chi connectivity index (χ0) is 25.9. The van der Waals surface area contributed by atoms with Crippen LogP contribution in [-0.2, 0) is 27.9 Å². The second-order valence-corrected chi connectivity index (χ2v) is 8.95. The van der Waals surface area contributed by atoms with Crippen molar-refractivity contribution in [2.24, 2.45) is 7.05 Å². The number of hydrogen-bond acceptors (Lipinski definition) is 6. The van der Waals surface area contributed by atoms with Gasteiger partial charge in [-0.2, -0.15) is 40.2 Å². The van der Waals surface area contributed by atoms with E-state index < -0.39 is 73.2 Å². The standard InChI is InChI=1S/C16H12F8N6O3S/c1-3-34(32,33)10-9(11-25-8-6-7(15(19,20)21)4-5-30(8)28-11)27-29(2)12(10)26-13(31)14(17,18)16(22,23)24/h4-6H,3H2,1-2H3,(H,26,31). The van der Waals surface area contributed by atoms with Crippen LogP contribution in [0.25, 0.3) is 17.2 Å². The molecule has 0 atom stereocenters. The lowest BCUT2D eigenvalue weighted by molar-refractivity contribution is -0.267. The number of aryl methyl sites for hydroxylation is 1. The van der Waals surface area contributed by atoms with Crippen LogP contribution >= 0.6 is 0 Å². The summed E-state index contributed by atoms with van der Waals surface area (Å²) >= 11 is 0. The van der Waals surface area contributed by atoms with Crippen LogP contribution in [0.5, 0.6) is 0 Å². The number of pyridine rings is 1. The van der Waals surface area contributed by atoms with Gasteiger partial charge in [0.2, 0.25) is 5.82 Å². The van der Waals surface area contributed by atoms with Crippen molar-refractivity contribution in [1.29, 1.82) is 0 Å². The highest BCUT2D eigenvalue weighted by atomic mass is 32.2. The van der Waals surface area contributed by atoms with E-state index in [0.29, 0.717) is 16.8 Å². The summed E-state index contributed by atoms with van der Waals surface area (Å²) in [5, 5.41) is 8.71. The van der Waals surface area contributed by atoms with Gasteiger partial charge in [-0.25, -0.2) is 17.9 Å². The number of fused-ring (bicyclic) bond motifs is 1. The molecule has 0 radical (unpaired) electrons. The predicted molar refractivity (Wildman–Crippen MR) is 97.5 cm³/mol. The lowest BCUT2D eigenvalue weighted by Crippen LogP contribution is -2.47. The number of amides is 1. The molecule has 0 aliphatic rings. The monoisotopic (exact) mass is 520 g/mol. The molecule has 0 saturated carbocycles. The number of carbonyl (C=O) groups is 1. The third kappa shape index (κ3) is 4.28. The quantitative estimate of drug-likeness (QED) is 0.518. The average molecular weight is 520 g/mol. The third-order valence-corrected chi connectivity index (χ3v) is 6.21. The minimum atomic E-state index is -6.28. The maximum atomic E-state index is 13.4. The number of nitrogens with zero attached hydrogens (tertiary/aromatic N) is 5. The molecule has 34 heavy (non-hydrogen) atoms. The summed E-state index contributed by atoms with van der Waals surface area (Å²) in [5.74, 6) is -11.1. The predicted octanol–water partition coefficient (Wildman–Crippen LogP) is 3.08. The van der Waals surface area contributed by atoms with Crippen LogP contribution in [0.15, 0.2) is 23.2 Å². The van der Waals surface area contributed by atoms with Gasteiger partial charge >= 0.3 is 24.2 Å². The highest BCUT2D eigenvalue weighted by molar-refractivity contribution is 7.91. The second kappa shape index (κ2) is 7.88. The van der Waals surface area contributed by atoms with Gasteiger partial charge in [0.15, 0.2) is 27.0 Å². The van der Waals surface area contributed by atoms with Crippen molar-refractivity contribution in [3.8, 4) is 11.5 Å². The molecule has 0 spiro atoms. The summed E-state index contributed by atoms with van der Waals surface area (Å²) in [5.41, 5.74) is -2.19. The molecule has 1 amide bonds. The Hall–Kier alpha value is -3.31. The lowest BCUT2D eigenvalue weighted by Gasteiger charge is -2.19. The number of carbonyl (C=O) groups excluding carboxylic acids is 1. The summed E-state index contributed by atoms with van der Waals surface area (Å²) in [6, 6.07) is 1.23. The molecule has 3 heterocycles. The molecule has 0 aliphatic carbocycles. The molecule has 3 rings (SSSR count). The van der Waals surface area contributed by atoms with Gasteiger partial charge in [-0.05, 0) is 12.1 Å². The van der Waals surface area contributed by atoms with Crippen LogP contribution in [0.4, 0.5) is 40.9 Å². The first-order chi connectivity index (χ1) is 15.4. The summed E-state index contributed by atoms with van der Waals surface area (Å²) in [7, 11) is -3.55. The smallest absolute Gasteiger partial charge is 0.304 e. The van der Waals surface area contributed by atoms with E-state index >= 15 is 0 Å². The molecule has 1 N–H and O–H groups in total. The van der Waals surface area contributed by atoms with Gasteiger partial charge in [0.05, 0.1) is 11.3 Å². The molecule has 18 heteroatoms. The van der Waals surface area contributed by atoms with Crippen molar-refractivity contribution >= 4 is 27.2 Å². The number of rotatable bonds is 5. The molecule has 0 fully saturated rings. The zero-order valence-electron chi connectivity index (χ0n) is 16.8. The highest BCUT2D eigenvalue weighted by Crippen LogP contribution is 2.38. The van der Waals surface area contributed by atoms with Crippen molar-refractivity contribution in [1.82, 2.24) is 24.4 Å². The van der Waals surface area contributed by atoms with Crippen LogP contribution < -0.4 is 5.32 Å². The highest BCUT2D eigenvalue weighted by Gasteiger charge is 2.63. The third-order valence-electron chi connectivity index (χ3n) is 4.44. The summed E-state index contributed by atoms with van der Waals surface area (Å²) in [4.78, 5) is 14.4. The minimum absolute atomic E-state index is 0.399. The number of anilines is 1. The van der Waals surface area contributed by atoms with Gasteiger partial charge in [0, 0.05) is 13.2 Å². The maximum Gasteiger partial charge on any atom is 0.463 e. The Morgan fingerprint density at radius 2 is 1.71 bits per heavy atom. The van der Waals surface area contributed by atoms with Crippen molar-refractivity contribution in [2.45, 2.75) is 30.1 Å². The topological polar surface area (TPSA) is 111 Å². The largest absolute Gasteiger partial charge is 0.463 e. The summed E-state index contributed by atoms with van der Waals surface area (Å²) in [6.45, 7) is 1.11. The van der Waals surface area contributed by atoms with E-state index in [1.807, 2.05) is 0 Å². The van der Waals surface area contributed by atoms with E-state index in [-0.39, 0.29) is 0 Å². The van der Waals surface area contributed by atoms with E-state index in [0.717, 1.165) is 24.7 Å². The molecule has 9 nitrogen and oxygen atoms in total. The Kier molecular flexibility index (Phi) is 5.87. The number of sulfone groups is 1. The first kappa shape index (κ1) is 25.3.